The molecule has 0 aromatic carbocycles. The Bertz CT molecular complexity index is 457. The van der Waals surface area contributed by atoms with Crippen LogP contribution in [0.1, 0.15) is 19.3 Å². The molecule has 0 N–H and O–H groups in total. The summed E-state index contributed by atoms with van der Waals surface area (Å²) in [7, 11) is 0. The summed E-state index contributed by atoms with van der Waals surface area (Å²) in [6.45, 7) is 1.83. The van der Waals surface area contributed by atoms with Crippen LogP contribution in [0.2, 0.25) is 0 Å². The van der Waals surface area contributed by atoms with Crippen LogP contribution in [0, 0.1) is 0 Å². The second-order valence-electron chi connectivity index (χ2n) is 4.37. The lowest BCUT2D eigenvalue weighted by Crippen LogP contribution is -2.24. The van der Waals surface area contributed by atoms with E-state index in [1.54, 1.807) is 11.3 Å². The van der Waals surface area contributed by atoms with Crippen LogP contribution < -0.4 is 0 Å². The lowest BCUT2D eigenvalue weighted by molar-refractivity contribution is 0.00625. The molecule has 0 aliphatic carbocycles. The van der Waals surface area contributed by atoms with Crippen molar-refractivity contribution in [3.8, 4) is 10.7 Å². The highest BCUT2D eigenvalue weighted by atomic mass is 32.1. The fraction of sp³-hybridized carbons (Fsp3) is 0.462. The highest BCUT2D eigenvalue weighted by molar-refractivity contribution is 7.13. The van der Waals surface area contributed by atoms with Crippen LogP contribution in [0.15, 0.2) is 29.9 Å². The second-order valence-corrected chi connectivity index (χ2v) is 5.32. The normalized spacial score (nSPS) is 20.6. The first-order valence-electron chi connectivity index (χ1n) is 6.10. The van der Waals surface area contributed by atoms with E-state index in [1.165, 1.54) is 24.1 Å². The van der Waals surface area contributed by atoms with Crippen molar-refractivity contribution in [2.45, 2.75) is 31.9 Å². The summed E-state index contributed by atoms with van der Waals surface area (Å²) in [5.74, 6) is 1.06. The van der Waals surface area contributed by atoms with E-state index in [9.17, 15) is 0 Å². The van der Waals surface area contributed by atoms with Gasteiger partial charge in [-0.3, -0.25) is 0 Å². The van der Waals surface area contributed by atoms with Crippen LogP contribution in [-0.2, 0) is 11.3 Å². The summed E-state index contributed by atoms with van der Waals surface area (Å²) in [6.07, 6.45) is 7.94. The highest BCUT2D eigenvalue weighted by Crippen LogP contribution is 2.24. The van der Waals surface area contributed by atoms with E-state index in [2.05, 4.69) is 27.1 Å². The molecule has 90 valence electrons. The largest absolute Gasteiger partial charge is 0.376 e. The maximum Gasteiger partial charge on any atom is 0.150 e. The first-order valence-corrected chi connectivity index (χ1v) is 6.98. The van der Waals surface area contributed by atoms with E-state index in [4.69, 9.17) is 4.74 Å². The Morgan fingerprint density at radius 2 is 2.47 bits per heavy atom. The van der Waals surface area contributed by atoms with Gasteiger partial charge in [-0.05, 0) is 30.7 Å². The zero-order chi connectivity index (χ0) is 11.5. The maximum atomic E-state index is 5.78. The Morgan fingerprint density at radius 3 is 3.24 bits per heavy atom. The van der Waals surface area contributed by atoms with Gasteiger partial charge in [-0.1, -0.05) is 6.07 Å². The molecule has 0 saturated carbocycles. The van der Waals surface area contributed by atoms with Crippen molar-refractivity contribution in [1.29, 1.82) is 0 Å². The molecular formula is C13H16N2OS. The minimum atomic E-state index is 0.358. The van der Waals surface area contributed by atoms with Gasteiger partial charge in [-0.2, -0.15) is 0 Å². The van der Waals surface area contributed by atoms with E-state index >= 15 is 0 Å². The monoisotopic (exact) mass is 248 g/mol. The summed E-state index contributed by atoms with van der Waals surface area (Å²) in [4.78, 5) is 5.67. The molecule has 3 nitrogen and oxygen atoms in total. The number of imidazole rings is 1. The molecule has 1 atom stereocenters. The van der Waals surface area contributed by atoms with Gasteiger partial charge in [0.1, 0.15) is 5.82 Å². The molecule has 2 aromatic heterocycles. The van der Waals surface area contributed by atoms with Crippen LogP contribution in [0.4, 0.5) is 0 Å². The molecule has 0 amide bonds. The Hall–Kier alpha value is -1.13. The zero-order valence-corrected chi connectivity index (χ0v) is 10.5. The predicted molar refractivity (Wildman–Crippen MR) is 69.1 cm³/mol. The van der Waals surface area contributed by atoms with Crippen LogP contribution in [0.25, 0.3) is 10.7 Å². The Labute approximate surface area is 105 Å². The highest BCUT2D eigenvalue weighted by Gasteiger charge is 2.16. The van der Waals surface area contributed by atoms with Crippen LogP contribution in [-0.4, -0.2) is 22.3 Å². The van der Waals surface area contributed by atoms with Crippen molar-refractivity contribution in [1.82, 2.24) is 9.55 Å². The van der Waals surface area contributed by atoms with E-state index in [1.807, 2.05) is 12.4 Å². The fourth-order valence-electron chi connectivity index (χ4n) is 2.26. The van der Waals surface area contributed by atoms with Crippen molar-refractivity contribution < 1.29 is 4.74 Å². The first kappa shape index (κ1) is 11.0. The number of nitrogens with zero attached hydrogens (tertiary/aromatic N) is 2. The molecule has 1 fully saturated rings. The van der Waals surface area contributed by atoms with Crippen molar-refractivity contribution in [2.75, 3.05) is 6.61 Å². The molecule has 0 spiro atoms. The van der Waals surface area contributed by atoms with Crippen LogP contribution in [0.3, 0.4) is 0 Å². The van der Waals surface area contributed by atoms with Gasteiger partial charge < -0.3 is 9.30 Å². The third-order valence-corrected chi connectivity index (χ3v) is 4.00. The molecule has 1 aliphatic rings. The second kappa shape index (κ2) is 5.02. The molecule has 1 unspecified atom stereocenters. The summed E-state index contributed by atoms with van der Waals surface area (Å²) in [5, 5.41) is 2.09. The van der Waals surface area contributed by atoms with E-state index in [0.29, 0.717) is 6.10 Å². The average molecular weight is 248 g/mol. The third-order valence-electron chi connectivity index (χ3n) is 3.13. The molecule has 4 heteroatoms. The van der Waals surface area contributed by atoms with Gasteiger partial charge in [0.25, 0.3) is 0 Å². The van der Waals surface area contributed by atoms with Gasteiger partial charge in [-0.15, -0.1) is 11.3 Å². The fourth-order valence-corrected chi connectivity index (χ4v) is 2.99. The molecule has 0 radical (unpaired) electrons. The quantitative estimate of drug-likeness (QED) is 0.834. The molecule has 3 rings (SSSR count). The van der Waals surface area contributed by atoms with Crippen molar-refractivity contribution >= 4 is 11.3 Å². The average Bonchev–Trinajstić information content (AvgIpc) is 3.00. The van der Waals surface area contributed by atoms with Gasteiger partial charge in [-0.25, -0.2) is 4.98 Å². The molecular weight excluding hydrogens is 232 g/mol. The number of thiophene rings is 1. The smallest absolute Gasteiger partial charge is 0.150 e. The Morgan fingerprint density at radius 1 is 1.47 bits per heavy atom. The van der Waals surface area contributed by atoms with Crippen LogP contribution in [0.5, 0.6) is 0 Å². The van der Waals surface area contributed by atoms with Gasteiger partial charge in [0.2, 0.25) is 0 Å². The lowest BCUT2D eigenvalue weighted by atomic mass is 10.1. The van der Waals surface area contributed by atoms with Crippen LogP contribution >= 0.6 is 11.3 Å². The van der Waals surface area contributed by atoms with Crippen molar-refractivity contribution in [2.24, 2.45) is 0 Å². The topological polar surface area (TPSA) is 27.1 Å². The minimum Gasteiger partial charge on any atom is -0.376 e. The SMILES string of the molecule is c1csc(-c2nccn2CC2CCCCO2)c1. The Balaban J connectivity index is 1.77. The van der Waals surface area contributed by atoms with Crippen molar-refractivity contribution in [3.63, 3.8) is 0 Å². The first-order chi connectivity index (χ1) is 8.43. The molecule has 1 aliphatic heterocycles. The van der Waals surface area contributed by atoms with Crippen molar-refractivity contribution in [3.05, 3.63) is 29.9 Å². The number of hydrogen-bond donors (Lipinski definition) is 0. The van der Waals surface area contributed by atoms with E-state index < -0.39 is 0 Å². The molecule has 2 aromatic rings. The number of aromatic nitrogens is 2. The van der Waals surface area contributed by atoms with Gasteiger partial charge in [0.05, 0.1) is 17.5 Å². The standard InChI is InChI=1S/C13H16N2OS/c1-2-8-16-11(4-1)10-15-7-6-14-13(15)12-5-3-9-17-12/h3,5-7,9,11H,1-2,4,8,10H2. The molecule has 3 heterocycles. The molecule has 0 bridgehead atoms. The van der Waals surface area contributed by atoms with Gasteiger partial charge in [0, 0.05) is 19.0 Å². The zero-order valence-electron chi connectivity index (χ0n) is 9.71. The summed E-state index contributed by atoms with van der Waals surface area (Å²) >= 11 is 1.73. The van der Waals surface area contributed by atoms with E-state index in [-0.39, 0.29) is 0 Å². The number of rotatable bonds is 3. The van der Waals surface area contributed by atoms with E-state index in [0.717, 1.165) is 19.0 Å². The third kappa shape index (κ3) is 2.42. The lowest BCUT2D eigenvalue weighted by Gasteiger charge is -2.23. The molecule has 17 heavy (non-hydrogen) atoms. The molecule has 1 saturated heterocycles. The number of ether oxygens (including phenoxy) is 1. The minimum absolute atomic E-state index is 0.358. The predicted octanol–water partition coefficient (Wildman–Crippen LogP) is 3.18. The van der Waals surface area contributed by atoms with Gasteiger partial charge >= 0.3 is 0 Å². The number of hydrogen-bond acceptors (Lipinski definition) is 3. The summed E-state index contributed by atoms with van der Waals surface area (Å²) in [6, 6.07) is 4.18. The summed E-state index contributed by atoms with van der Waals surface area (Å²) in [5.41, 5.74) is 0. The summed E-state index contributed by atoms with van der Waals surface area (Å²) < 4.78 is 7.99. The van der Waals surface area contributed by atoms with Gasteiger partial charge in [0.15, 0.2) is 0 Å². The maximum absolute atomic E-state index is 5.78. The Kier molecular flexibility index (Phi) is 3.25.